The van der Waals surface area contributed by atoms with Crippen LogP contribution in [0.2, 0.25) is 0 Å². The molecule has 1 aliphatic rings. The van der Waals surface area contributed by atoms with Crippen molar-refractivity contribution in [3.05, 3.63) is 95.6 Å². The monoisotopic (exact) mass is 687 g/mol. The second kappa shape index (κ2) is 16.9. The van der Waals surface area contributed by atoms with Gasteiger partial charge in [-0.2, -0.15) is 0 Å². The van der Waals surface area contributed by atoms with Gasteiger partial charge in [0.2, 0.25) is 0 Å². The Morgan fingerprint density at radius 1 is 0.800 bits per heavy atom. The lowest BCUT2D eigenvalue weighted by Gasteiger charge is -2.42. The lowest BCUT2D eigenvalue weighted by atomic mass is 9.84. The average Bonchev–Trinajstić information content (AvgIpc) is 3.11. The molecule has 1 amide bonds. The van der Waals surface area contributed by atoms with Crippen LogP contribution in [0.3, 0.4) is 0 Å². The molecular weight excluding hydrogens is 638 g/mol. The van der Waals surface area contributed by atoms with Crippen molar-refractivity contribution in [2.24, 2.45) is 0 Å². The maximum Gasteiger partial charge on any atom is 0.410 e. The molecule has 1 N–H and O–H groups in total. The molecule has 4 aromatic rings. The zero-order valence-corrected chi connectivity index (χ0v) is 29.8. The lowest BCUT2D eigenvalue weighted by Crippen LogP contribution is -2.54. The molecule has 3 atom stereocenters. The molecule has 1 saturated heterocycles. The van der Waals surface area contributed by atoms with Crippen molar-refractivity contribution >= 4 is 16.9 Å². The zero-order valence-electron chi connectivity index (χ0n) is 29.8. The Balaban J connectivity index is 1.27. The minimum atomic E-state index is -0.901. The Morgan fingerprint density at radius 3 is 2.20 bits per heavy atom. The molecule has 1 fully saturated rings. The summed E-state index contributed by atoms with van der Waals surface area (Å²) in [5.41, 5.74) is 1.99. The fraction of sp³-hybridized carbons (Fsp3) is 0.425. The van der Waals surface area contributed by atoms with Crippen LogP contribution in [-0.4, -0.2) is 81.5 Å². The van der Waals surface area contributed by atoms with Gasteiger partial charge in [-0.1, -0.05) is 54.6 Å². The van der Waals surface area contributed by atoms with Crippen molar-refractivity contribution in [2.45, 2.75) is 64.1 Å². The number of fused-ring (bicyclic) bond motifs is 1. The van der Waals surface area contributed by atoms with Crippen LogP contribution in [0.1, 0.15) is 49.8 Å². The summed E-state index contributed by atoms with van der Waals surface area (Å²) in [7, 11) is 4.92. The van der Waals surface area contributed by atoms with Crippen LogP contribution in [0, 0.1) is 0 Å². The molecule has 0 radical (unpaired) electrons. The van der Waals surface area contributed by atoms with Crippen molar-refractivity contribution in [1.29, 1.82) is 0 Å². The molecule has 268 valence electrons. The van der Waals surface area contributed by atoms with Crippen LogP contribution < -0.4 is 18.9 Å². The molecule has 4 aromatic carbocycles. The Hall–Kier alpha value is -4.51. The molecule has 1 aliphatic heterocycles. The number of nitrogens with zero attached hydrogens (tertiary/aromatic N) is 1. The summed E-state index contributed by atoms with van der Waals surface area (Å²) in [5, 5.41) is 13.3. The van der Waals surface area contributed by atoms with E-state index in [1.807, 2.05) is 99.6 Å². The van der Waals surface area contributed by atoms with Gasteiger partial charge in [-0.25, -0.2) is 4.79 Å². The van der Waals surface area contributed by atoms with E-state index in [9.17, 15) is 9.90 Å². The highest BCUT2D eigenvalue weighted by Gasteiger charge is 2.41. The molecule has 10 nitrogen and oxygen atoms in total. The summed E-state index contributed by atoms with van der Waals surface area (Å²) in [4.78, 5) is 14.7. The summed E-state index contributed by atoms with van der Waals surface area (Å²) in [5.74, 6) is 2.49. The van der Waals surface area contributed by atoms with E-state index in [0.29, 0.717) is 37.1 Å². The number of benzene rings is 4. The third-order valence-corrected chi connectivity index (χ3v) is 8.60. The predicted molar refractivity (Wildman–Crippen MR) is 191 cm³/mol. The lowest BCUT2D eigenvalue weighted by molar-refractivity contribution is -0.0758. The van der Waals surface area contributed by atoms with Crippen molar-refractivity contribution in [2.75, 3.05) is 47.6 Å². The van der Waals surface area contributed by atoms with E-state index >= 15 is 0 Å². The number of hydrogen-bond acceptors (Lipinski definition) is 9. The first-order valence-corrected chi connectivity index (χ1v) is 16.9. The fourth-order valence-electron chi connectivity index (χ4n) is 6.29. The van der Waals surface area contributed by atoms with Gasteiger partial charge in [-0.15, -0.1) is 0 Å². The molecule has 5 rings (SSSR count). The quantitative estimate of drug-likeness (QED) is 0.139. The molecule has 10 heteroatoms. The molecule has 1 heterocycles. The molecule has 0 saturated carbocycles. The number of methoxy groups -OCH3 is 3. The van der Waals surface area contributed by atoms with Gasteiger partial charge in [0, 0.05) is 34.2 Å². The molecular formula is C40H49NO9. The summed E-state index contributed by atoms with van der Waals surface area (Å²) in [6.07, 6.45) is -1.23. The van der Waals surface area contributed by atoms with Crippen LogP contribution in [0.25, 0.3) is 10.8 Å². The van der Waals surface area contributed by atoms with Gasteiger partial charge >= 0.3 is 6.09 Å². The molecule has 0 aliphatic carbocycles. The Morgan fingerprint density at radius 2 is 1.50 bits per heavy atom. The van der Waals surface area contributed by atoms with E-state index in [1.165, 1.54) is 4.90 Å². The number of β-amino-alcohol motifs (C(OH)–C–C–N with tert-alkyl or cyclic N) is 1. The highest BCUT2D eigenvalue weighted by atomic mass is 16.6. The van der Waals surface area contributed by atoms with Crippen molar-refractivity contribution < 1.29 is 43.1 Å². The molecule has 3 unspecified atom stereocenters. The molecule has 0 aromatic heterocycles. The second-order valence-corrected chi connectivity index (χ2v) is 13.3. The first kappa shape index (κ1) is 36.8. The number of ether oxygens (including phenoxy) is 7. The van der Waals surface area contributed by atoms with Crippen LogP contribution in [0.15, 0.2) is 78.9 Å². The van der Waals surface area contributed by atoms with E-state index in [0.717, 1.165) is 39.6 Å². The standard InChI is InChI=1S/C40H49NO9/c1-40(2,3)50-39(43)41-23-33(42)37(36(24-41)49-26-29-22-35(45-5)31-13-8-9-14-32(31)38(29)46-6)27-16-18-30(19-17-27)48-21-11-20-47-25-28-12-7-10-15-34(28)44-4/h7-10,12-19,22,33,36-37,42H,11,20-21,23-26H2,1-6H3. The second-order valence-electron chi connectivity index (χ2n) is 13.3. The van der Waals surface area contributed by atoms with Crippen LogP contribution in [0.5, 0.6) is 23.0 Å². The summed E-state index contributed by atoms with van der Waals surface area (Å²) < 4.78 is 41.0. The van der Waals surface area contributed by atoms with Gasteiger partial charge in [0.25, 0.3) is 0 Å². The number of amides is 1. The number of aliphatic hydroxyl groups is 1. The van der Waals surface area contributed by atoms with Gasteiger partial charge in [-0.05, 0) is 50.6 Å². The van der Waals surface area contributed by atoms with Gasteiger partial charge in [0.05, 0.1) is 73.1 Å². The van der Waals surface area contributed by atoms with Crippen LogP contribution >= 0.6 is 0 Å². The largest absolute Gasteiger partial charge is 0.496 e. The fourth-order valence-corrected chi connectivity index (χ4v) is 6.29. The van der Waals surface area contributed by atoms with E-state index in [-0.39, 0.29) is 19.7 Å². The maximum absolute atomic E-state index is 13.1. The third-order valence-electron chi connectivity index (χ3n) is 8.60. The third kappa shape index (κ3) is 9.18. The van der Waals surface area contributed by atoms with Crippen molar-refractivity contribution in [1.82, 2.24) is 4.90 Å². The van der Waals surface area contributed by atoms with Gasteiger partial charge in [0.1, 0.15) is 28.6 Å². The normalized spacial score (nSPS) is 17.7. The Bertz CT molecular complexity index is 1700. The number of para-hydroxylation sites is 1. The number of rotatable bonds is 14. The molecule has 0 spiro atoms. The van der Waals surface area contributed by atoms with Crippen LogP contribution in [0.4, 0.5) is 4.79 Å². The molecule has 0 bridgehead atoms. The highest BCUT2D eigenvalue weighted by Crippen LogP contribution is 2.39. The maximum atomic E-state index is 13.1. The highest BCUT2D eigenvalue weighted by molar-refractivity contribution is 5.94. The summed E-state index contributed by atoms with van der Waals surface area (Å²) in [6, 6.07) is 25.3. The number of piperidine rings is 1. The first-order chi connectivity index (χ1) is 24.1. The van der Waals surface area contributed by atoms with Crippen molar-refractivity contribution in [3.63, 3.8) is 0 Å². The minimum absolute atomic E-state index is 0.111. The van der Waals surface area contributed by atoms with E-state index in [4.69, 9.17) is 33.2 Å². The SMILES string of the molecule is COc1ccccc1COCCCOc1ccc(C2C(O)CN(C(=O)OC(C)(C)C)CC2OCc2cc(OC)c3ccccc3c2OC)cc1. The van der Waals surface area contributed by atoms with E-state index < -0.39 is 29.8 Å². The van der Waals surface area contributed by atoms with Gasteiger partial charge < -0.3 is 43.2 Å². The topological polar surface area (TPSA) is 105 Å². The number of likely N-dealkylation sites (tertiary alicyclic amines) is 1. The Kier molecular flexibility index (Phi) is 12.5. The Labute approximate surface area is 294 Å². The first-order valence-electron chi connectivity index (χ1n) is 16.9. The van der Waals surface area contributed by atoms with E-state index in [2.05, 4.69) is 0 Å². The molecule has 50 heavy (non-hydrogen) atoms. The number of hydrogen-bond donors (Lipinski definition) is 1. The smallest absolute Gasteiger partial charge is 0.410 e. The van der Waals surface area contributed by atoms with E-state index in [1.54, 1.807) is 21.3 Å². The number of carbonyl (C=O) groups excluding carboxylic acids is 1. The van der Waals surface area contributed by atoms with Crippen LogP contribution in [-0.2, 0) is 27.4 Å². The van der Waals surface area contributed by atoms with Gasteiger partial charge in [0.15, 0.2) is 0 Å². The predicted octanol–water partition coefficient (Wildman–Crippen LogP) is 7.13. The average molecular weight is 688 g/mol. The van der Waals surface area contributed by atoms with Gasteiger partial charge in [-0.3, -0.25) is 0 Å². The summed E-state index contributed by atoms with van der Waals surface area (Å²) >= 11 is 0. The minimum Gasteiger partial charge on any atom is -0.496 e. The number of carbonyl (C=O) groups is 1. The summed E-state index contributed by atoms with van der Waals surface area (Å²) in [6.45, 7) is 7.48. The van der Waals surface area contributed by atoms with Crippen molar-refractivity contribution in [3.8, 4) is 23.0 Å². The zero-order chi connectivity index (χ0) is 35.7. The number of aliphatic hydroxyl groups excluding tert-OH is 1.